The highest BCUT2D eigenvalue weighted by atomic mass is 32.1. The van der Waals surface area contributed by atoms with Crippen molar-refractivity contribution in [3.05, 3.63) is 17.9 Å². The zero-order chi connectivity index (χ0) is 9.42. The first-order valence-corrected chi connectivity index (χ1v) is 4.42. The van der Waals surface area contributed by atoms with Crippen LogP contribution >= 0.6 is 11.3 Å². The molecule has 5 heteroatoms. The van der Waals surface area contributed by atoms with E-state index in [0.29, 0.717) is 21.1 Å². The number of ether oxygens (including phenoxy) is 1. The van der Waals surface area contributed by atoms with Gasteiger partial charge in [0.1, 0.15) is 17.1 Å². The molecule has 2 rings (SSSR count). The molecule has 0 unspecified atom stereocenters. The minimum Gasteiger partial charge on any atom is -0.494 e. The summed E-state index contributed by atoms with van der Waals surface area (Å²) in [5, 5.41) is 0.416. The zero-order valence-corrected chi connectivity index (χ0v) is 7.69. The van der Waals surface area contributed by atoms with E-state index in [1.54, 1.807) is 0 Å². The molecule has 68 valence electrons. The largest absolute Gasteiger partial charge is 0.494 e. The number of nitrogen functional groups attached to an aromatic ring is 1. The van der Waals surface area contributed by atoms with E-state index in [9.17, 15) is 4.39 Å². The van der Waals surface area contributed by atoms with Gasteiger partial charge in [-0.3, -0.25) is 0 Å². The summed E-state index contributed by atoms with van der Waals surface area (Å²) in [5.41, 5.74) is 6.11. The van der Waals surface area contributed by atoms with Gasteiger partial charge < -0.3 is 10.5 Å². The van der Waals surface area contributed by atoms with Gasteiger partial charge >= 0.3 is 0 Å². The molecule has 2 aromatic rings. The average Bonchev–Trinajstić information content (AvgIpc) is 2.43. The van der Waals surface area contributed by atoms with Gasteiger partial charge in [0, 0.05) is 6.07 Å². The van der Waals surface area contributed by atoms with Crippen molar-refractivity contribution in [2.24, 2.45) is 0 Å². The summed E-state index contributed by atoms with van der Waals surface area (Å²) in [6.45, 7) is 0. The molecule has 1 aromatic carbocycles. The molecule has 13 heavy (non-hydrogen) atoms. The first-order chi connectivity index (χ1) is 6.20. The Hall–Kier alpha value is -1.36. The fourth-order valence-electron chi connectivity index (χ4n) is 1.14. The van der Waals surface area contributed by atoms with Crippen LogP contribution in [0.5, 0.6) is 5.75 Å². The number of benzene rings is 1. The monoisotopic (exact) mass is 198 g/mol. The second kappa shape index (κ2) is 2.85. The Balaban J connectivity index is 2.80. The first-order valence-electron chi connectivity index (χ1n) is 3.60. The van der Waals surface area contributed by atoms with E-state index < -0.39 is 0 Å². The van der Waals surface area contributed by atoms with Crippen LogP contribution in [0.1, 0.15) is 0 Å². The Morgan fingerprint density at radius 2 is 2.31 bits per heavy atom. The molecule has 3 nitrogen and oxygen atoms in total. The van der Waals surface area contributed by atoms with Gasteiger partial charge in [-0.05, 0) is 6.07 Å². The normalized spacial score (nSPS) is 10.6. The summed E-state index contributed by atoms with van der Waals surface area (Å²) in [4.78, 5) is 4.03. The lowest BCUT2D eigenvalue weighted by Crippen LogP contribution is -1.86. The highest BCUT2D eigenvalue weighted by Crippen LogP contribution is 2.31. The summed E-state index contributed by atoms with van der Waals surface area (Å²) in [6, 6.07) is 2.69. The van der Waals surface area contributed by atoms with Crippen LogP contribution in [0.4, 0.5) is 9.52 Å². The summed E-state index contributed by atoms with van der Waals surface area (Å²) in [6.07, 6.45) is 0. The Bertz CT molecular complexity index is 455. The molecule has 1 heterocycles. The maximum Gasteiger partial charge on any atom is 0.181 e. The van der Waals surface area contributed by atoms with Crippen molar-refractivity contribution in [3.8, 4) is 5.75 Å². The number of nitrogens with two attached hydrogens (primary N) is 1. The summed E-state index contributed by atoms with van der Waals surface area (Å²) >= 11 is 1.24. The number of nitrogens with zero attached hydrogens (tertiary/aromatic N) is 1. The number of rotatable bonds is 1. The zero-order valence-electron chi connectivity index (χ0n) is 6.87. The molecule has 2 N–H and O–H groups in total. The number of aromatic nitrogens is 1. The van der Waals surface area contributed by atoms with Crippen molar-refractivity contribution in [1.82, 2.24) is 4.98 Å². The van der Waals surface area contributed by atoms with Crippen LogP contribution < -0.4 is 10.5 Å². The third kappa shape index (κ3) is 1.31. The van der Waals surface area contributed by atoms with Crippen molar-refractivity contribution < 1.29 is 9.13 Å². The van der Waals surface area contributed by atoms with Crippen LogP contribution in [0, 0.1) is 5.82 Å². The van der Waals surface area contributed by atoms with Gasteiger partial charge in [-0.25, -0.2) is 9.37 Å². The van der Waals surface area contributed by atoms with Gasteiger partial charge in [0.05, 0.1) is 11.8 Å². The van der Waals surface area contributed by atoms with Crippen LogP contribution in [-0.2, 0) is 0 Å². The number of thiazole rings is 1. The molecular formula is C8H7FN2OS. The fourth-order valence-corrected chi connectivity index (χ4v) is 1.92. The SMILES string of the molecule is COc1cc(F)cc2sc(N)nc12. The minimum absolute atomic E-state index is 0.340. The van der Waals surface area contributed by atoms with E-state index in [0.717, 1.165) is 0 Å². The van der Waals surface area contributed by atoms with Crippen LogP contribution in [0.25, 0.3) is 10.2 Å². The molecule has 0 spiro atoms. The van der Waals surface area contributed by atoms with E-state index in [1.807, 2.05) is 0 Å². The molecule has 0 bridgehead atoms. The predicted octanol–water partition coefficient (Wildman–Crippen LogP) is 2.03. The smallest absolute Gasteiger partial charge is 0.181 e. The van der Waals surface area contributed by atoms with Gasteiger partial charge in [0.2, 0.25) is 0 Å². The van der Waals surface area contributed by atoms with Gasteiger partial charge in [0.25, 0.3) is 0 Å². The van der Waals surface area contributed by atoms with Gasteiger partial charge in [0.15, 0.2) is 5.13 Å². The third-order valence-electron chi connectivity index (χ3n) is 1.66. The predicted molar refractivity (Wildman–Crippen MR) is 50.5 cm³/mol. The summed E-state index contributed by atoms with van der Waals surface area (Å²) < 4.78 is 18.6. The highest BCUT2D eigenvalue weighted by Gasteiger charge is 2.08. The molecular weight excluding hydrogens is 191 g/mol. The summed E-state index contributed by atoms with van der Waals surface area (Å²) in [5.74, 6) is 0.0796. The number of anilines is 1. The van der Waals surface area contributed by atoms with E-state index >= 15 is 0 Å². The number of methoxy groups -OCH3 is 1. The number of hydrogen-bond donors (Lipinski definition) is 1. The van der Waals surface area contributed by atoms with Crippen molar-refractivity contribution in [2.45, 2.75) is 0 Å². The molecule has 0 aliphatic rings. The average molecular weight is 198 g/mol. The Labute approximate surface area is 78.0 Å². The number of fused-ring (bicyclic) bond motifs is 1. The topological polar surface area (TPSA) is 48.1 Å². The molecule has 0 aliphatic carbocycles. The van der Waals surface area contributed by atoms with E-state index in [1.165, 1.54) is 30.6 Å². The van der Waals surface area contributed by atoms with E-state index in [4.69, 9.17) is 10.5 Å². The molecule has 0 atom stereocenters. The van der Waals surface area contributed by atoms with Crippen molar-refractivity contribution >= 4 is 26.7 Å². The van der Waals surface area contributed by atoms with Crippen LogP contribution in [0.3, 0.4) is 0 Å². The lowest BCUT2D eigenvalue weighted by Gasteiger charge is -1.99. The van der Waals surface area contributed by atoms with E-state index in [-0.39, 0.29) is 5.82 Å². The number of halogens is 1. The quantitative estimate of drug-likeness (QED) is 0.762. The number of hydrogen-bond acceptors (Lipinski definition) is 4. The lowest BCUT2D eigenvalue weighted by molar-refractivity contribution is 0.416. The molecule has 0 fully saturated rings. The van der Waals surface area contributed by atoms with E-state index in [2.05, 4.69) is 4.98 Å². The Kier molecular flexibility index (Phi) is 1.81. The summed E-state index contributed by atoms with van der Waals surface area (Å²) in [7, 11) is 1.48. The first kappa shape index (κ1) is 8.25. The van der Waals surface area contributed by atoms with Crippen molar-refractivity contribution in [2.75, 3.05) is 12.8 Å². The maximum atomic E-state index is 13.0. The van der Waals surface area contributed by atoms with Crippen molar-refractivity contribution in [1.29, 1.82) is 0 Å². The Morgan fingerprint density at radius 3 is 3.00 bits per heavy atom. The molecule has 0 saturated carbocycles. The third-order valence-corrected chi connectivity index (χ3v) is 2.49. The molecule has 1 aromatic heterocycles. The van der Waals surface area contributed by atoms with Gasteiger partial charge in [-0.1, -0.05) is 11.3 Å². The van der Waals surface area contributed by atoms with Gasteiger partial charge in [-0.2, -0.15) is 0 Å². The second-order valence-electron chi connectivity index (χ2n) is 2.51. The molecule has 0 amide bonds. The lowest BCUT2D eigenvalue weighted by atomic mass is 10.3. The molecule has 0 radical (unpaired) electrons. The fraction of sp³-hybridized carbons (Fsp3) is 0.125. The second-order valence-corrected chi connectivity index (χ2v) is 3.57. The van der Waals surface area contributed by atoms with Crippen LogP contribution in [0.2, 0.25) is 0 Å². The van der Waals surface area contributed by atoms with Crippen molar-refractivity contribution in [3.63, 3.8) is 0 Å². The Morgan fingerprint density at radius 1 is 1.54 bits per heavy atom. The minimum atomic E-state index is -0.340. The van der Waals surface area contributed by atoms with Gasteiger partial charge in [-0.15, -0.1) is 0 Å². The highest BCUT2D eigenvalue weighted by molar-refractivity contribution is 7.22. The standard InChI is InChI=1S/C8H7FN2OS/c1-12-5-2-4(9)3-6-7(5)11-8(10)13-6/h2-3H,1H3,(H2,10,11). The van der Waals surface area contributed by atoms with Crippen LogP contribution in [-0.4, -0.2) is 12.1 Å². The molecule has 0 aliphatic heterocycles. The van der Waals surface area contributed by atoms with Crippen LogP contribution in [0.15, 0.2) is 12.1 Å². The molecule has 0 saturated heterocycles. The maximum absolute atomic E-state index is 13.0.